The van der Waals surface area contributed by atoms with Crippen molar-refractivity contribution in [3.05, 3.63) is 60.2 Å². The molecule has 1 aliphatic heterocycles. The third-order valence-corrected chi connectivity index (χ3v) is 6.26. The molecule has 1 unspecified atom stereocenters. The van der Waals surface area contributed by atoms with Crippen LogP contribution in [-0.4, -0.2) is 32.7 Å². The number of nitrogens with zero attached hydrogens (tertiary/aromatic N) is 1. The number of benzene rings is 2. The Morgan fingerprint density at radius 3 is 2.31 bits per heavy atom. The Kier molecular flexibility index (Phi) is 5.33. The van der Waals surface area contributed by atoms with Crippen molar-refractivity contribution < 1.29 is 26.4 Å². The first-order chi connectivity index (χ1) is 13.9. The van der Waals surface area contributed by atoms with E-state index >= 15 is 0 Å². The van der Waals surface area contributed by atoms with Crippen LogP contribution in [-0.2, 0) is 14.6 Å². The van der Waals surface area contributed by atoms with Crippen molar-refractivity contribution in [1.82, 2.24) is 4.98 Å². The smallest absolute Gasteiger partial charge is 0.233 e. The van der Waals surface area contributed by atoms with Crippen LogP contribution < -0.4 is 5.32 Å². The highest BCUT2D eigenvalue weighted by Gasteiger charge is 2.29. The molecule has 3 aromatic rings. The second-order valence-corrected chi connectivity index (χ2v) is 8.50. The molecule has 0 aliphatic carbocycles. The Morgan fingerprint density at radius 1 is 1.03 bits per heavy atom. The molecule has 6 nitrogen and oxygen atoms in total. The third-order valence-electron chi connectivity index (χ3n) is 4.58. The molecule has 2 heterocycles. The number of aromatic nitrogens is 1. The Bertz CT molecular complexity index is 1090. The number of nitrogens with one attached hydrogen (secondary N) is 1. The van der Waals surface area contributed by atoms with Crippen molar-refractivity contribution in [3.8, 4) is 11.5 Å². The van der Waals surface area contributed by atoms with Crippen LogP contribution in [0, 0.1) is 11.6 Å². The van der Waals surface area contributed by atoms with Crippen LogP contribution in [0.25, 0.3) is 11.5 Å². The van der Waals surface area contributed by atoms with Crippen molar-refractivity contribution in [2.75, 3.05) is 18.5 Å². The predicted octanol–water partition coefficient (Wildman–Crippen LogP) is 4.04. The van der Waals surface area contributed by atoms with Crippen molar-refractivity contribution in [1.29, 1.82) is 0 Å². The van der Waals surface area contributed by atoms with E-state index in [1.807, 2.05) is 0 Å². The highest BCUT2D eigenvalue weighted by molar-refractivity contribution is 7.91. The minimum atomic E-state index is -4.08. The number of anilines is 1. The third kappa shape index (κ3) is 4.15. The standard InChI is InChI=1S/C20H18F2N2O4S/c21-14-5-3-13(4-6-14)18-24-20(19(28-18)23-12-16-2-1-11-27-16)29(25,26)17-9-7-15(22)8-10-17/h3-10,16,23H,1-2,11-12H2. The Hall–Kier alpha value is -2.78. The molecule has 4 rings (SSSR count). The number of hydrogen-bond acceptors (Lipinski definition) is 6. The quantitative estimate of drug-likeness (QED) is 0.606. The molecule has 0 amide bonds. The molecule has 29 heavy (non-hydrogen) atoms. The van der Waals surface area contributed by atoms with E-state index in [9.17, 15) is 17.2 Å². The van der Waals surface area contributed by atoms with E-state index in [2.05, 4.69) is 10.3 Å². The van der Waals surface area contributed by atoms with Crippen molar-refractivity contribution in [2.45, 2.75) is 28.9 Å². The van der Waals surface area contributed by atoms with Crippen LogP contribution in [0.3, 0.4) is 0 Å². The summed E-state index contributed by atoms with van der Waals surface area (Å²) < 4.78 is 63.8. The number of rotatable bonds is 6. The first-order valence-electron chi connectivity index (χ1n) is 9.06. The Morgan fingerprint density at radius 2 is 1.69 bits per heavy atom. The number of hydrogen-bond donors (Lipinski definition) is 1. The first-order valence-corrected chi connectivity index (χ1v) is 10.5. The fourth-order valence-electron chi connectivity index (χ4n) is 3.05. The van der Waals surface area contributed by atoms with Crippen LogP contribution in [0.4, 0.5) is 14.7 Å². The topological polar surface area (TPSA) is 81.4 Å². The number of ether oxygens (including phenoxy) is 1. The highest BCUT2D eigenvalue weighted by atomic mass is 32.2. The van der Waals surface area contributed by atoms with Gasteiger partial charge in [0.15, 0.2) is 0 Å². The average molecular weight is 420 g/mol. The predicted molar refractivity (Wildman–Crippen MR) is 101 cm³/mol. The van der Waals surface area contributed by atoms with Gasteiger partial charge >= 0.3 is 0 Å². The van der Waals surface area contributed by atoms with Gasteiger partial charge in [-0.05, 0) is 61.4 Å². The van der Waals surface area contributed by atoms with Crippen LogP contribution in [0.5, 0.6) is 0 Å². The summed E-state index contributed by atoms with van der Waals surface area (Å²) in [6, 6.07) is 9.81. The molecule has 1 saturated heterocycles. The van der Waals surface area contributed by atoms with E-state index in [0.717, 1.165) is 25.0 Å². The Labute approximate surface area is 166 Å². The molecule has 1 aliphatic rings. The summed E-state index contributed by atoms with van der Waals surface area (Å²) in [6.45, 7) is 1.01. The van der Waals surface area contributed by atoms with Gasteiger partial charge in [0, 0.05) is 18.7 Å². The molecule has 2 aromatic carbocycles. The van der Waals surface area contributed by atoms with E-state index in [1.165, 1.54) is 36.4 Å². The summed E-state index contributed by atoms with van der Waals surface area (Å²) in [4.78, 5) is 4.04. The van der Waals surface area contributed by atoms with Gasteiger partial charge < -0.3 is 14.5 Å². The summed E-state index contributed by atoms with van der Waals surface area (Å²) >= 11 is 0. The molecule has 152 valence electrons. The lowest BCUT2D eigenvalue weighted by Crippen LogP contribution is -2.19. The largest absolute Gasteiger partial charge is 0.419 e. The minimum Gasteiger partial charge on any atom is -0.419 e. The van der Waals surface area contributed by atoms with Crippen LogP contribution >= 0.6 is 0 Å². The van der Waals surface area contributed by atoms with Crippen molar-refractivity contribution >= 4 is 15.7 Å². The maximum absolute atomic E-state index is 13.2. The molecule has 9 heteroatoms. The first kappa shape index (κ1) is 19.5. The molecule has 1 aromatic heterocycles. The SMILES string of the molecule is O=S(=O)(c1ccc(F)cc1)c1nc(-c2ccc(F)cc2)oc1NCC1CCCO1. The zero-order valence-corrected chi connectivity index (χ0v) is 16.1. The van der Waals surface area contributed by atoms with Gasteiger partial charge in [-0.1, -0.05) is 0 Å². The van der Waals surface area contributed by atoms with E-state index in [1.54, 1.807) is 0 Å². The van der Waals surface area contributed by atoms with Gasteiger partial charge in [-0.15, -0.1) is 0 Å². The molecule has 1 fully saturated rings. The molecular weight excluding hydrogens is 402 g/mol. The monoisotopic (exact) mass is 420 g/mol. The fraction of sp³-hybridized carbons (Fsp3) is 0.250. The molecule has 0 radical (unpaired) electrons. The molecule has 0 saturated carbocycles. The fourth-order valence-corrected chi connectivity index (χ4v) is 4.33. The maximum Gasteiger partial charge on any atom is 0.233 e. The van der Waals surface area contributed by atoms with E-state index in [-0.39, 0.29) is 27.8 Å². The molecule has 1 N–H and O–H groups in total. The zero-order valence-electron chi connectivity index (χ0n) is 15.3. The number of sulfone groups is 1. The molecule has 1 atom stereocenters. The lowest BCUT2D eigenvalue weighted by Gasteiger charge is -2.10. The van der Waals surface area contributed by atoms with Gasteiger partial charge in [0.05, 0.1) is 11.0 Å². The Balaban J connectivity index is 1.73. The average Bonchev–Trinajstić information content (AvgIpc) is 3.37. The molecule has 0 spiro atoms. The van der Waals surface area contributed by atoms with Gasteiger partial charge in [0.25, 0.3) is 0 Å². The summed E-state index contributed by atoms with van der Waals surface area (Å²) in [5, 5.41) is 2.64. The van der Waals surface area contributed by atoms with E-state index < -0.39 is 21.5 Å². The van der Waals surface area contributed by atoms with Gasteiger partial charge in [-0.25, -0.2) is 17.2 Å². The normalized spacial score (nSPS) is 16.8. The minimum absolute atomic E-state index is 0.0283. The summed E-state index contributed by atoms with van der Waals surface area (Å²) in [7, 11) is -4.08. The number of halogens is 2. The second-order valence-electron chi connectivity index (χ2n) is 6.63. The number of oxazole rings is 1. The highest BCUT2D eigenvalue weighted by Crippen LogP contribution is 2.32. The second kappa shape index (κ2) is 7.92. The van der Waals surface area contributed by atoms with E-state index in [4.69, 9.17) is 9.15 Å². The lowest BCUT2D eigenvalue weighted by atomic mass is 10.2. The summed E-state index contributed by atoms with van der Waals surface area (Å²) in [6.07, 6.45) is 1.73. The molecule has 0 bridgehead atoms. The van der Waals surface area contributed by atoms with Crippen molar-refractivity contribution in [3.63, 3.8) is 0 Å². The van der Waals surface area contributed by atoms with Crippen molar-refractivity contribution in [2.24, 2.45) is 0 Å². The van der Waals surface area contributed by atoms with Gasteiger partial charge in [0.2, 0.25) is 26.6 Å². The maximum atomic E-state index is 13.2. The van der Waals surface area contributed by atoms with Crippen LogP contribution in [0.2, 0.25) is 0 Å². The summed E-state index contributed by atoms with van der Waals surface area (Å²) in [5.41, 5.74) is 0.423. The van der Waals surface area contributed by atoms with Crippen LogP contribution in [0.15, 0.2) is 62.9 Å². The van der Waals surface area contributed by atoms with Gasteiger partial charge in [-0.3, -0.25) is 0 Å². The lowest BCUT2D eigenvalue weighted by molar-refractivity contribution is 0.120. The molecular formula is C20H18F2N2O4S. The van der Waals surface area contributed by atoms with Gasteiger partial charge in [0.1, 0.15) is 11.6 Å². The zero-order chi connectivity index (χ0) is 20.4. The van der Waals surface area contributed by atoms with Crippen LogP contribution in [0.1, 0.15) is 12.8 Å². The van der Waals surface area contributed by atoms with Gasteiger partial charge in [-0.2, -0.15) is 4.98 Å². The van der Waals surface area contributed by atoms with E-state index in [0.29, 0.717) is 18.7 Å². The summed E-state index contributed by atoms with van der Waals surface area (Å²) in [5.74, 6) is -0.992.